The summed E-state index contributed by atoms with van der Waals surface area (Å²) >= 11 is 0. The first kappa shape index (κ1) is 16.7. The molecule has 0 atom stereocenters. The highest BCUT2D eigenvalue weighted by molar-refractivity contribution is 5.93. The number of hydrogen-bond donors (Lipinski definition) is 1. The van der Waals surface area contributed by atoms with Gasteiger partial charge >= 0.3 is 5.97 Å². The van der Waals surface area contributed by atoms with E-state index in [9.17, 15) is 9.59 Å². The Kier molecular flexibility index (Phi) is 4.83. The molecule has 1 aromatic heterocycles. The Labute approximate surface area is 134 Å². The van der Waals surface area contributed by atoms with Gasteiger partial charge in [-0.2, -0.15) is 0 Å². The van der Waals surface area contributed by atoms with Gasteiger partial charge < -0.3 is 10.5 Å². The second-order valence-corrected chi connectivity index (χ2v) is 5.30. The SMILES string of the molecule is CCc1cc(C)c(-n2cnc(N)c(C(=O)OC)c2=O)c(CC)c1. The number of nitrogens with two attached hydrogens (primary N) is 1. The van der Waals surface area contributed by atoms with Crippen LogP contribution in [0.15, 0.2) is 23.3 Å². The molecule has 0 spiro atoms. The summed E-state index contributed by atoms with van der Waals surface area (Å²) in [6.07, 6.45) is 3.03. The van der Waals surface area contributed by atoms with Crippen LogP contribution in [0.3, 0.4) is 0 Å². The van der Waals surface area contributed by atoms with Gasteiger partial charge in [0, 0.05) is 0 Å². The van der Waals surface area contributed by atoms with E-state index in [1.54, 1.807) is 0 Å². The van der Waals surface area contributed by atoms with Crippen molar-refractivity contribution in [1.29, 1.82) is 0 Å². The van der Waals surface area contributed by atoms with E-state index in [2.05, 4.69) is 22.7 Å². The third-order valence-electron chi connectivity index (χ3n) is 3.86. The lowest BCUT2D eigenvalue weighted by atomic mass is 10.00. The standard InChI is InChI=1S/C17H21N3O3/c1-5-11-7-10(3)14(12(6-2)8-11)20-9-19-15(18)13(16(20)21)17(22)23-4/h7-9H,5-6,18H2,1-4H3. The van der Waals surface area contributed by atoms with Gasteiger partial charge in [-0.25, -0.2) is 9.78 Å². The predicted molar refractivity (Wildman–Crippen MR) is 89.1 cm³/mol. The molecule has 0 fully saturated rings. The predicted octanol–water partition coefficient (Wildman–Crippen LogP) is 2.03. The van der Waals surface area contributed by atoms with Crippen molar-refractivity contribution >= 4 is 11.8 Å². The first-order valence-electron chi connectivity index (χ1n) is 7.52. The summed E-state index contributed by atoms with van der Waals surface area (Å²) in [6, 6.07) is 4.11. The van der Waals surface area contributed by atoms with Crippen LogP contribution in [-0.4, -0.2) is 22.6 Å². The lowest BCUT2D eigenvalue weighted by molar-refractivity contribution is 0.0599. The molecule has 122 valence electrons. The molecule has 0 radical (unpaired) electrons. The van der Waals surface area contributed by atoms with Crippen molar-refractivity contribution in [2.24, 2.45) is 0 Å². The fourth-order valence-corrected chi connectivity index (χ4v) is 2.67. The molecule has 0 bridgehead atoms. The van der Waals surface area contributed by atoms with Crippen LogP contribution in [-0.2, 0) is 17.6 Å². The van der Waals surface area contributed by atoms with Crippen LogP contribution in [0.25, 0.3) is 5.69 Å². The summed E-state index contributed by atoms with van der Waals surface area (Å²) in [5, 5.41) is 0. The number of aryl methyl sites for hydroxylation is 3. The molecule has 0 aliphatic rings. The van der Waals surface area contributed by atoms with Crippen LogP contribution in [0.5, 0.6) is 0 Å². The molecule has 23 heavy (non-hydrogen) atoms. The van der Waals surface area contributed by atoms with Crippen molar-refractivity contribution in [1.82, 2.24) is 9.55 Å². The van der Waals surface area contributed by atoms with E-state index in [-0.39, 0.29) is 11.4 Å². The van der Waals surface area contributed by atoms with Gasteiger partial charge in [-0.05, 0) is 36.5 Å². The van der Waals surface area contributed by atoms with Crippen LogP contribution in [0.4, 0.5) is 5.82 Å². The van der Waals surface area contributed by atoms with Crippen LogP contribution in [0.2, 0.25) is 0 Å². The molecule has 2 aromatic rings. The van der Waals surface area contributed by atoms with E-state index in [1.807, 2.05) is 19.9 Å². The molecule has 1 aromatic carbocycles. The molecule has 6 heteroatoms. The maximum absolute atomic E-state index is 12.7. The van der Waals surface area contributed by atoms with E-state index < -0.39 is 11.5 Å². The molecular formula is C17H21N3O3. The zero-order valence-electron chi connectivity index (χ0n) is 13.8. The van der Waals surface area contributed by atoms with E-state index in [1.165, 1.54) is 23.6 Å². The van der Waals surface area contributed by atoms with Crippen LogP contribution in [0, 0.1) is 6.92 Å². The fraction of sp³-hybridized carbons (Fsp3) is 0.353. The van der Waals surface area contributed by atoms with Crippen molar-refractivity contribution in [3.05, 3.63) is 51.1 Å². The van der Waals surface area contributed by atoms with Crippen molar-refractivity contribution in [2.75, 3.05) is 12.8 Å². The Balaban J connectivity index is 2.78. The normalized spacial score (nSPS) is 10.6. The maximum Gasteiger partial charge on any atom is 0.347 e. The number of nitrogen functional groups attached to an aromatic ring is 1. The number of esters is 1. The number of rotatable bonds is 4. The number of aromatic nitrogens is 2. The van der Waals surface area contributed by atoms with E-state index >= 15 is 0 Å². The quantitative estimate of drug-likeness (QED) is 0.872. The highest BCUT2D eigenvalue weighted by atomic mass is 16.5. The topological polar surface area (TPSA) is 87.2 Å². The van der Waals surface area contributed by atoms with Gasteiger partial charge in [0.25, 0.3) is 5.56 Å². The zero-order chi connectivity index (χ0) is 17.1. The Morgan fingerprint density at radius 1 is 1.30 bits per heavy atom. The zero-order valence-corrected chi connectivity index (χ0v) is 13.8. The second-order valence-electron chi connectivity index (χ2n) is 5.30. The number of benzene rings is 1. The van der Waals surface area contributed by atoms with Gasteiger partial charge in [-0.3, -0.25) is 9.36 Å². The average Bonchev–Trinajstić information content (AvgIpc) is 2.54. The Morgan fingerprint density at radius 2 is 2.00 bits per heavy atom. The van der Waals surface area contributed by atoms with Crippen molar-refractivity contribution in [3.63, 3.8) is 0 Å². The van der Waals surface area contributed by atoms with Gasteiger partial charge in [-0.1, -0.05) is 26.0 Å². The average molecular weight is 315 g/mol. The molecule has 0 saturated carbocycles. The molecule has 6 nitrogen and oxygen atoms in total. The minimum Gasteiger partial charge on any atom is -0.465 e. The summed E-state index contributed by atoms with van der Waals surface area (Å²) in [5.74, 6) is -0.908. The third kappa shape index (κ3) is 2.97. The minimum absolute atomic E-state index is 0.126. The molecule has 0 saturated heterocycles. The summed E-state index contributed by atoms with van der Waals surface area (Å²) in [7, 11) is 1.21. The number of anilines is 1. The largest absolute Gasteiger partial charge is 0.465 e. The maximum atomic E-state index is 12.7. The Bertz CT molecular complexity index is 809. The van der Waals surface area contributed by atoms with Gasteiger partial charge in [0.1, 0.15) is 12.1 Å². The number of hydrogen-bond acceptors (Lipinski definition) is 5. The summed E-state index contributed by atoms with van der Waals surface area (Å²) in [4.78, 5) is 28.5. The molecule has 0 amide bonds. The molecular weight excluding hydrogens is 294 g/mol. The molecule has 2 N–H and O–H groups in total. The van der Waals surface area contributed by atoms with Crippen molar-refractivity contribution < 1.29 is 9.53 Å². The monoisotopic (exact) mass is 315 g/mol. The number of carbonyl (C=O) groups is 1. The second kappa shape index (κ2) is 6.64. The number of nitrogens with zero attached hydrogens (tertiary/aromatic N) is 2. The fourth-order valence-electron chi connectivity index (χ4n) is 2.67. The minimum atomic E-state index is -0.782. The first-order valence-corrected chi connectivity index (χ1v) is 7.52. The Morgan fingerprint density at radius 3 is 2.57 bits per heavy atom. The molecule has 0 aliphatic heterocycles. The number of carbonyl (C=O) groups excluding carboxylic acids is 1. The van der Waals surface area contributed by atoms with Gasteiger partial charge in [0.15, 0.2) is 5.56 Å². The number of ether oxygens (including phenoxy) is 1. The Hall–Kier alpha value is -2.63. The third-order valence-corrected chi connectivity index (χ3v) is 3.86. The van der Waals surface area contributed by atoms with E-state index in [0.29, 0.717) is 0 Å². The van der Waals surface area contributed by atoms with Gasteiger partial charge in [0.2, 0.25) is 0 Å². The lowest BCUT2D eigenvalue weighted by Crippen LogP contribution is -2.29. The van der Waals surface area contributed by atoms with Crippen LogP contribution < -0.4 is 11.3 Å². The van der Waals surface area contributed by atoms with Crippen LogP contribution in [0.1, 0.15) is 40.9 Å². The first-order chi connectivity index (χ1) is 10.9. The number of methoxy groups -OCH3 is 1. The molecule has 1 heterocycles. The van der Waals surface area contributed by atoms with E-state index in [0.717, 1.165) is 29.7 Å². The highest BCUT2D eigenvalue weighted by Gasteiger charge is 2.20. The highest BCUT2D eigenvalue weighted by Crippen LogP contribution is 2.22. The van der Waals surface area contributed by atoms with Gasteiger partial charge in [-0.15, -0.1) is 0 Å². The van der Waals surface area contributed by atoms with Crippen molar-refractivity contribution in [2.45, 2.75) is 33.6 Å². The summed E-state index contributed by atoms with van der Waals surface area (Å²) in [5.41, 5.74) is 8.83. The lowest BCUT2D eigenvalue weighted by Gasteiger charge is -2.16. The van der Waals surface area contributed by atoms with E-state index in [4.69, 9.17) is 5.73 Å². The molecule has 0 aliphatic carbocycles. The summed E-state index contributed by atoms with van der Waals surface area (Å²) < 4.78 is 6.01. The van der Waals surface area contributed by atoms with Crippen LogP contribution >= 0.6 is 0 Å². The summed E-state index contributed by atoms with van der Waals surface area (Å²) in [6.45, 7) is 6.04. The van der Waals surface area contributed by atoms with Crippen molar-refractivity contribution in [3.8, 4) is 5.69 Å². The van der Waals surface area contributed by atoms with Gasteiger partial charge in [0.05, 0.1) is 12.8 Å². The molecule has 2 rings (SSSR count). The smallest absolute Gasteiger partial charge is 0.347 e. The molecule has 0 unspecified atom stereocenters.